The molecule has 1 aliphatic rings. The molecule has 114 valence electrons. The van der Waals surface area contributed by atoms with Crippen molar-refractivity contribution < 1.29 is 9.31 Å². The van der Waals surface area contributed by atoms with E-state index in [1.54, 1.807) is 0 Å². The molecule has 2 nitrogen and oxygen atoms in total. The van der Waals surface area contributed by atoms with E-state index in [0.29, 0.717) is 0 Å². The highest BCUT2D eigenvalue weighted by Crippen LogP contribution is 2.40. The monoisotopic (exact) mass is 302 g/mol. The summed E-state index contributed by atoms with van der Waals surface area (Å²) in [6, 6.07) is 10.4. The van der Waals surface area contributed by atoms with Crippen LogP contribution in [0.2, 0.25) is 19.6 Å². The summed E-state index contributed by atoms with van der Waals surface area (Å²) in [6.07, 6.45) is 0. The fourth-order valence-electron chi connectivity index (χ4n) is 2.35. The van der Waals surface area contributed by atoms with Crippen LogP contribution < -0.4 is 0 Å². The number of hydrogen-bond acceptors (Lipinski definition) is 2. The van der Waals surface area contributed by atoms with Gasteiger partial charge in [0.25, 0.3) is 0 Å². The summed E-state index contributed by atoms with van der Waals surface area (Å²) in [7, 11) is -1.67. The van der Waals surface area contributed by atoms with E-state index >= 15 is 0 Å². The second kappa shape index (κ2) is 5.42. The topological polar surface area (TPSA) is 18.5 Å². The molecule has 0 amide bonds. The van der Waals surface area contributed by atoms with Crippen LogP contribution in [0.25, 0.3) is 5.47 Å². The number of rotatable bonds is 3. The molecule has 0 saturated carbocycles. The van der Waals surface area contributed by atoms with Crippen molar-refractivity contribution in [2.45, 2.75) is 58.5 Å². The predicted molar refractivity (Wildman–Crippen MR) is 93.8 cm³/mol. The maximum atomic E-state index is 6.26. The fraction of sp³-hybridized carbons (Fsp3) is 0.529. The molecular weight excluding hydrogens is 275 g/mol. The summed E-state index contributed by atoms with van der Waals surface area (Å²) in [5, 5.41) is 0. The van der Waals surface area contributed by atoms with Crippen molar-refractivity contribution in [2.75, 3.05) is 0 Å². The molecule has 21 heavy (non-hydrogen) atoms. The molecule has 0 spiro atoms. The van der Waals surface area contributed by atoms with Crippen LogP contribution in [0.5, 0.6) is 0 Å². The summed E-state index contributed by atoms with van der Waals surface area (Å²) in [5.74, 6) is 0. The summed E-state index contributed by atoms with van der Waals surface area (Å²) >= 11 is 0. The second-order valence-electron chi connectivity index (χ2n) is 7.92. The molecule has 1 saturated heterocycles. The molecular formula is C17H27BO2Si. The van der Waals surface area contributed by atoms with Gasteiger partial charge in [-0.25, -0.2) is 0 Å². The van der Waals surface area contributed by atoms with E-state index < -0.39 is 8.07 Å². The van der Waals surface area contributed by atoms with Gasteiger partial charge in [0.05, 0.1) is 19.3 Å². The summed E-state index contributed by atoms with van der Waals surface area (Å²) < 4.78 is 12.5. The van der Waals surface area contributed by atoms with Crippen LogP contribution in [0.1, 0.15) is 33.3 Å². The zero-order valence-electron chi connectivity index (χ0n) is 14.4. The van der Waals surface area contributed by atoms with Gasteiger partial charge in [-0.1, -0.05) is 55.7 Å². The van der Waals surface area contributed by atoms with Crippen molar-refractivity contribution in [3.05, 3.63) is 41.6 Å². The Morgan fingerprint density at radius 2 is 1.43 bits per heavy atom. The molecule has 2 rings (SSSR count). The normalized spacial score (nSPS) is 21.7. The average Bonchev–Trinajstić information content (AvgIpc) is 2.55. The number of hydrogen-bond donors (Lipinski definition) is 0. The Balaban J connectivity index is 2.42. The smallest absolute Gasteiger partial charge is 0.399 e. The molecule has 1 aromatic rings. The zero-order chi connectivity index (χ0) is 15.9. The number of benzene rings is 1. The Kier molecular flexibility index (Phi) is 4.26. The van der Waals surface area contributed by atoms with E-state index in [4.69, 9.17) is 9.31 Å². The molecule has 0 bridgehead atoms. The summed E-state index contributed by atoms with van der Waals surface area (Å²) in [4.78, 5) is 0. The molecule has 1 aromatic carbocycles. The van der Waals surface area contributed by atoms with Crippen LogP contribution in [0, 0.1) is 0 Å². The third-order valence-corrected chi connectivity index (χ3v) is 5.38. The Morgan fingerprint density at radius 1 is 0.952 bits per heavy atom. The Morgan fingerprint density at radius 3 is 1.86 bits per heavy atom. The Hall–Kier alpha value is -0.838. The zero-order valence-corrected chi connectivity index (χ0v) is 15.4. The van der Waals surface area contributed by atoms with Crippen molar-refractivity contribution in [2.24, 2.45) is 0 Å². The minimum Gasteiger partial charge on any atom is -0.399 e. The van der Waals surface area contributed by atoms with E-state index in [0.717, 1.165) is 0 Å². The maximum Gasteiger partial charge on any atom is 0.494 e. The van der Waals surface area contributed by atoms with Gasteiger partial charge in [-0.05, 0) is 38.7 Å². The fourth-order valence-corrected chi connectivity index (χ4v) is 3.59. The van der Waals surface area contributed by atoms with Crippen molar-refractivity contribution in [1.82, 2.24) is 0 Å². The highest BCUT2D eigenvalue weighted by Gasteiger charge is 2.52. The minimum atomic E-state index is -1.39. The van der Waals surface area contributed by atoms with Crippen LogP contribution in [0.15, 0.2) is 36.0 Å². The SMILES string of the molecule is CC1(C)OB(/C(=C/[Si](C)(C)C)c2ccccc2)OC1(C)C. The van der Waals surface area contributed by atoms with E-state index in [-0.39, 0.29) is 18.3 Å². The lowest BCUT2D eigenvalue weighted by Crippen LogP contribution is -2.41. The third-order valence-electron chi connectivity index (χ3n) is 4.20. The molecule has 0 aliphatic carbocycles. The third kappa shape index (κ3) is 3.68. The van der Waals surface area contributed by atoms with Gasteiger partial charge in [-0.2, -0.15) is 0 Å². The summed E-state index contributed by atoms with van der Waals surface area (Å²) in [5.41, 5.74) is 4.16. The van der Waals surface area contributed by atoms with Gasteiger partial charge in [-0.15, -0.1) is 0 Å². The van der Waals surface area contributed by atoms with Gasteiger partial charge in [0, 0.05) is 0 Å². The van der Waals surface area contributed by atoms with Crippen LogP contribution in [-0.2, 0) is 9.31 Å². The first kappa shape index (κ1) is 16.5. The molecule has 0 unspecified atom stereocenters. The van der Waals surface area contributed by atoms with Crippen molar-refractivity contribution in [1.29, 1.82) is 0 Å². The van der Waals surface area contributed by atoms with E-state index in [9.17, 15) is 0 Å². The highest BCUT2D eigenvalue weighted by molar-refractivity contribution is 6.85. The lowest BCUT2D eigenvalue weighted by molar-refractivity contribution is 0.00578. The van der Waals surface area contributed by atoms with Gasteiger partial charge < -0.3 is 9.31 Å². The first-order valence-electron chi connectivity index (χ1n) is 7.66. The first-order valence-corrected chi connectivity index (χ1v) is 11.2. The molecule has 1 fully saturated rings. The van der Waals surface area contributed by atoms with Crippen LogP contribution >= 0.6 is 0 Å². The molecule has 4 heteroatoms. The average molecular weight is 302 g/mol. The maximum absolute atomic E-state index is 6.26. The summed E-state index contributed by atoms with van der Waals surface area (Å²) in [6.45, 7) is 15.4. The molecule has 1 aliphatic heterocycles. The highest BCUT2D eigenvalue weighted by atomic mass is 28.3. The van der Waals surface area contributed by atoms with Crippen molar-refractivity contribution >= 4 is 20.7 Å². The quantitative estimate of drug-likeness (QED) is 0.761. The lowest BCUT2D eigenvalue weighted by Gasteiger charge is -2.32. The molecule has 0 radical (unpaired) electrons. The molecule has 0 N–H and O–H groups in total. The first-order chi connectivity index (χ1) is 9.52. The van der Waals surface area contributed by atoms with Gasteiger partial charge in [0.1, 0.15) is 0 Å². The van der Waals surface area contributed by atoms with Crippen LogP contribution in [0.3, 0.4) is 0 Å². The molecule has 0 atom stereocenters. The van der Waals surface area contributed by atoms with Gasteiger partial charge in [0.2, 0.25) is 0 Å². The van der Waals surface area contributed by atoms with Gasteiger partial charge in [0.15, 0.2) is 0 Å². The second-order valence-corrected chi connectivity index (χ2v) is 12.9. The van der Waals surface area contributed by atoms with Crippen molar-refractivity contribution in [3.63, 3.8) is 0 Å². The molecule has 1 heterocycles. The van der Waals surface area contributed by atoms with E-state index in [1.807, 2.05) is 6.07 Å². The van der Waals surface area contributed by atoms with Crippen LogP contribution in [0.4, 0.5) is 0 Å². The Labute approximate surface area is 130 Å². The van der Waals surface area contributed by atoms with Crippen LogP contribution in [-0.4, -0.2) is 26.4 Å². The predicted octanol–water partition coefficient (Wildman–Crippen LogP) is 4.58. The van der Waals surface area contributed by atoms with E-state index in [1.165, 1.54) is 11.0 Å². The van der Waals surface area contributed by atoms with E-state index in [2.05, 4.69) is 77.3 Å². The largest absolute Gasteiger partial charge is 0.494 e. The molecule has 0 aromatic heterocycles. The van der Waals surface area contributed by atoms with Crippen molar-refractivity contribution in [3.8, 4) is 0 Å². The minimum absolute atomic E-state index is 0.288. The van der Waals surface area contributed by atoms with Gasteiger partial charge in [-0.3, -0.25) is 0 Å². The van der Waals surface area contributed by atoms with Gasteiger partial charge >= 0.3 is 7.12 Å². The Bertz CT molecular complexity index is 513. The standard InChI is InChI=1S/C17H27BO2Si/c1-16(2)17(3,4)20-18(19-16)15(13-21(5,6)7)14-11-9-8-10-12-14/h8-13H,1-7H3/b15-13+. The lowest BCUT2D eigenvalue weighted by atomic mass is 9.75.